The minimum Gasteiger partial charge on any atom is -0.258 e. The van der Waals surface area contributed by atoms with Crippen LogP contribution in [0.25, 0.3) is 0 Å². The molecule has 0 unspecified atom stereocenters. The number of rotatable bonds is 3. The molecule has 4 nitrogen and oxygen atoms in total. The summed E-state index contributed by atoms with van der Waals surface area (Å²) in [5, 5.41) is 10.7. The Morgan fingerprint density at radius 1 is 1.67 bits per heavy atom. The van der Waals surface area contributed by atoms with Crippen LogP contribution < -0.4 is 0 Å². The van der Waals surface area contributed by atoms with E-state index in [9.17, 15) is 18.9 Å². The van der Waals surface area contributed by atoms with Crippen molar-refractivity contribution >= 4 is 44.2 Å². The van der Waals surface area contributed by atoms with Crippen molar-refractivity contribution in [1.29, 1.82) is 0 Å². The van der Waals surface area contributed by atoms with E-state index >= 15 is 0 Å². The van der Waals surface area contributed by atoms with Crippen LogP contribution in [0.3, 0.4) is 0 Å². The SMILES string of the molecule is O=[N+]([O-])c1cc(C(F)F)c(I)nc1CBr. The van der Waals surface area contributed by atoms with Gasteiger partial charge < -0.3 is 0 Å². The Morgan fingerprint density at radius 3 is 2.67 bits per heavy atom. The lowest BCUT2D eigenvalue weighted by atomic mass is 10.2. The molecule has 82 valence electrons. The first-order chi connectivity index (χ1) is 6.97. The molecule has 0 aliphatic carbocycles. The number of nitro groups is 1. The van der Waals surface area contributed by atoms with E-state index in [1.54, 1.807) is 22.6 Å². The van der Waals surface area contributed by atoms with Crippen LogP contribution in [0.2, 0.25) is 0 Å². The highest BCUT2D eigenvalue weighted by Crippen LogP contribution is 2.29. The molecular formula is C7H4BrF2IN2O2. The number of pyridine rings is 1. The maximum Gasteiger partial charge on any atom is 0.292 e. The monoisotopic (exact) mass is 392 g/mol. The Hall–Kier alpha value is -0.380. The fourth-order valence-corrected chi connectivity index (χ4v) is 2.03. The fraction of sp³-hybridized carbons (Fsp3) is 0.286. The Morgan fingerprint density at radius 2 is 2.27 bits per heavy atom. The Labute approximate surface area is 105 Å². The number of hydrogen-bond acceptors (Lipinski definition) is 3. The summed E-state index contributed by atoms with van der Waals surface area (Å²) in [7, 11) is 0. The molecular weight excluding hydrogens is 389 g/mol. The lowest BCUT2D eigenvalue weighted by Crippen LogP contribution is -2.02. The van der Waals surface area contributed by atoms with Crippen molar-refractivity contribution < 1.29 is 13.7 Å². The van der Waals surface area contributed by atoms with Gasteiger partial charge in [0.25, 0.3) is 12.1 Å². The normalized spacial score (nSPS) is 10.7. The number of alkyl halides is 3. The van der Waals surface area contributed by atoms with Gasteiger partial charge in [-0.15, -0.1) is 0 Å². The van der Waals surface area contributed by atoms with E-state index in [0.717, 1.165) is 6.07 Å². The number of halogens is 4. The molecule has 1 aromatic heterocycles. The molecule has 1 rings (SSSR count). The van der Waals surface area contributed by atoms with Crippen LogP contribution in [0.15, 0.2) is 6.07 Å². The summed E-state index contributed by atoms with van der Waals surface area (Å²) in [6, 6.07) is 0.871. The van der Waals surface area contributed by atoms with Gasteiger partial charge in [-0.1, -0.05) is 15.9 Å². The quantitative estimate of drug-likeness (QED) is 0.260. The molecule has 0 spiro atoms. The summed E-state index contributed by atoms with van der Waals surface area (Å²) in [5.74, 6) is 0. The first-order valence-corrected chi connectivity index (χ1v) is 5.85. The van der Waals surface area contributed by atoms with Crippen molar-refractivity contribution in [3.63, 3.8) is 0 Å². The van der Waals surface area contributed by atoms with E-state index in [0.29, 0.717) is 0 Å². The van der Waals surface area contributed by atoms with Crippen LogP contribution in [-0.4, -0.2) is 9.91 Å². The zero-order valence-electron chi connectivity index (χ0n) is 7.08. The minimum absolute atomic E-state index is 0.0858. The second-order valence-corrected chi connectivity index (χ2v) is 4.11. The third kappa shape index (κ3) is 2.80. The van der Waals surface area contributed by atoms with Crippen molar-refractivity contribution in [3.05, 3.63) is 31.1 Å². The molecule has 0 aromatic carbocycles. The molecule has 0 saturated carbocycles. The highest BCUT2D eigenvalue weighted by atomic mass is 127. The fourth-order valence-electron chi connectivity index (χ4n) is 0.940. The van der Waals surface area contributed by atoms with Crippen LogP contribution in [0.4, 0.5) is 14.5 Å². The molecule has 1 heterocycles. The van der Waals surface area contributed by atoms with Gasteiger partial charge in [0.15, 0.2) is 0 Å². The number of aromatic nitrogens is 1. The average Bonchev–Trinajstić information content (AvgIpc) is 2.16. The van der Waals surface area contributed by atoms with Crippen LogP contribution >= 0.6 is 38.5 Å². The predicted molar refractivity (Wildman–Crippen MR) is 61.2 cm³/mol. The minimum atomic E-state index is -2.76. The summed E-state index contributed by atoms with van der Waals surface area (Å²) >= 11 is 4.64. The van der Waals surface area contributed by atoms with Crippen molar-refractivity contribution in [3.8, 4) is 0 Å². The zero-order valence-corrected chi connectivity index (χ0v) is 10.8. The van der Waals surface area contributed by atoms with E-state index in [1.807, 2.05) is 0 Å². The molecule has 15 heavy (non-hydrogen) atoms. The molecule has 0 aliphatic heterocycles. The van der Waals surface area contributed by atoms with E-state index in [1.165, 1.54) is 0 Å². The predicted octanol–water partition coefficient (Wildman–Crippen LogP) is 3.43. The summed E-state index contributed by atoms with van der Waals surface area (Å²) in [6.07, 6.45) is -2.76. The van der Waals surface area contributed by atoms with Gasteiger partial charge >= 0.3 is 0 Å². The van der Waals surface area contributed by atoms with Crippen molar-refractivity contribution in [2.24, 2.45) is 0 Å². The van der Waals surface area contributed by atoms with E-state index in [-0.39, 0.29) is 20.4 Å². The van der Waals surface area contributed by atoms with Gasteiger partial charge in [0.2, 0.25) is 0 Å². The second kappa shape index (κ2) is 5.10. The van der Waals surface area contributed by atoms with Gasteiger partial charge in [-0.05, 0) is 22.6 Å². The standard InChI is InChI=1S/C7H4BrF2IN2O2/c8-2-4-5(13(14)15)1-3(6(9)10)7(11)12-4/h1,6H,2H2. The van der Waals surface area contributed by atoms with E-state index in [4.69, 9.17) is 0 Å². The van der Waals surface area contributed by atoms with Gasteiger partial charge in [0.1, 0.15) is 9.39 Å². The lowest BCUT2D eigenvalue weighted by molar-refractivity contribution is -0.385. The van der Waals surface area contributed by atoms with Gasteiger partial charge in [-0.2, -0.15) is 0 Å². The number of hydrogen-bond donors (Lipinski definition) is 0. The Bertz CT molecular complexity index is 403. The smallest absolute Gasteiger partial charge is 0.258 e. The van der Waals surface area contributed by atoms with Crippen molar-refractivity contribution in [2.45, 2.75) is 11.8 Å². The molecule has 0 aliphatic rings. The zero-order chi connectivity index (χ0) is 11.6. The maximum absolute atomic E-state index is 12.4. The summed E-state index contributed by atoms with van der Waals surface area (Å²) < 4.78 is 24.9. The molecule has 0 atom stereocenters. The van der Waals surface area contributed by atoms with Crippen molar-refractivity contribution in [2.75, 3.05) is 0 Å². The lowest BCUT2D eigenvalue weighted by Gasteiger charge is -2.05. The van der Waals surface area contributed by atoms with Crippen LogP contribution in [0.5, 0.6) is 0 Å². The first-order valence-electron chi connectivity index (χ1n) is 3.65. The summed E-state index contributed by atoms with van der Waals surface area (Å²) in [6.45, 7) is 0. The molecule has 0 fully saturated rings. The van der Waals surface area contributed by atoms with Crippen molar-refractivity contribution in [1.82, 2.24) is 4.98 Å². The van der Waals surface area contributed by atoms with Gasteiger partial charge in [0.05, 0.1) is 15.8 Å². The molecule has 0 bridgehead atoms. The highest BCUT2D eigenvalue weighted by molar-refractivity contribution is 14.1. The molecule has 1 aromatic rings. The van der Waals surface area contributed by atoms with E-state index < -0.39 is 16.9 Å². The van der Waals surface area contributed by atoms with Crippen LogP contribution in [0.1, 0.15) is 17.7 Å². The molecule has 0 saturated heterocycles. The maximum atomic E-state index is 12.4. The first kappa shape index (κ1) is 12.7. The topological polar surface area (TPSA) is 56.0 Å². The van der Waals surface area contributed by atoms with Crippen LogP contribution in [0, 0.1) is 13.8 Å². The van der Waals surface area contributed by atoms with Gasteiger partial charge in [0, 0.05) is 6.07 Å². The third-order valence-corrected chi connectivity index (χ3v) is 3.01. The highest BCUT2D eigenvalue weighted by Gasteiger charge is 2.22. The Balaban J connectivity index is 3.37. The summed E-state index contributed by atoms with van der Waals surface area (Å²) in [4.78, 5) is 13.6. The second-order valence-electron chi connectivity index (χ2n) is 2.53. The van der Waals surface area contributed by atoms with Gasteiger partial charge in [-0.3, -0.25) is 10.1 Å². The largest absolute Gasteiger partial charge is 0.292 e. The molecule has 8 heteroatoms. The molecule has 0 radical (unpaired) electrons. The van der Waals surface area contributed by atoms with E-state index in [2.05, 4.69) is 20.9 Å². The average molecular weight is 393 g/mol. The Kier molecular flexibility index (Phi) is 4.32. The summed E-state index contributed by atoms with van der Waals surface area (Å²) in [5.41, 5.74) is -0.650. The molecule has 0 amide bonds. The third-order valence-electron chi connectivity index (χ3n) is 1.62. The number of nitrogens with zero attached hydrogens (tertiary/aromatic N) is 2. The van der Waals surface area contributed by atoms with Crippen LogP contribution in [-0.2, 0) is 5.33 Å². The van der Waals surface area contributed by atoms with Gasteiger partial charge in [-0.25, -0.2) is 13.8 Å². The molecule has 0 N–H and O–H groups in total.